The molecule has 1 aliphatic rings. The Morgan fingerprint density at radius 1 is 1.06 bits per heavy atom. The summed E-state index contributed by atoms with van der Waals surface area (Å²) in [5.41, 5.74) is 5.87. The van der Waals surface area contributed by atoms with E-state index in [9.17, 15) is 0 Å². The van der Waals surface area contributed by atoms with Crippen LogP contribution in [0.3, 0.4) is 0 Å². The van der Waals surface area contributed by atoms with Gasteiger partial charge in [0.25, 0.3) is 0 Å². The van der Waals surface area contributed by atoms with E-state index in [-0.39, 0.29) is 0 Å². The van der Waals surface area contributed by atoms with Gasteiger partial charge in [-0.2, -0.15) is 0 Å². The molecule has 2 atom stereocenters. The average Bonchev–Trinajstić information content (AvgIpc) is 2.60. The van der Waals surface area contributed by atoms with Gasteiger partial charge >= 0.3 is 0 Å². The molecular formula is C16H24Si. The van der Waals surface area contributed by atoms with Crippen molar-refractivity contribution in [1.82, 2.24) is 0 Å². The lowest BCUT2D eigenvalue weighted by Crippen LogP contribution is -2.18. The highest BCUT2D eigenvalue weighted by molar-refractivity contribution is 6.81. The fraction of sp³-hybridized carbons (Fsp3) is 0.500. The summed E-state index contributed by atoms with van der Waals surface area (Å²) in [7, 11) is -1.10. The van der Waals surface area contributed by atoms with Crippen LogP contribution in [0.15, 0.2) is 41.6 Å². The van der Waals surface area contributed by atoms with E-state index in [0.717, 1.165) is 5.92 Å². The fourth-order valence-corrected chi connectivity index (χ4v) is 4.37. The van der Waals surface area contributed by atoms with Gasteiger partial charge in [-0.15, -0.1) is 0 Å². The van der Waals surface area contributed by atoms with Crippen molar-refractivity contribution in [2.24, 2.45) is 5.92 Å². The zero-order valence-corrected chi connectivity index (χ0v) is 12.5. The smallest absolute Gasteiger partial charge is 0.0686 e. The van der Waals surface area contributed by atoms with Gasteiger partial charge < -0.3 is 0 Å². The largest absolute Gasteiger partial charge is 0.0949 e. The monoisotopic (exact) mass is 244 g/mol. The van der Waals surface area contributed by atoms with Crippen LogP contribution in [0, 0.1) is 5.92 Å². The maximum Gasteiger partial charge on any atom is 0.0686 e. The highest BCUT2D eigenvalue weighted by atomic mass is 28.3. The minimum Gasteiger partial charge on any atom is -0.0949 e. The minimum absolute atomic E-state index is 0.693. The first kappa shape index (κ1) is 12.6. The molecule has 0 radical (unpaired) electrons. The first-order valence-electron chi connectivity index (χ1n) is 6.75. The van der Waals surface area contributed by atoms with E-state index < -0.39 is 8.07 Å². The Bertz CT molecular complexity index is 397. The molecule has 17 heavy (non-hydrogen) atoms. The summed E-state index contributed by atoms with van der Waals surface area (Å²) in [4.78, 5) is 0. The molecule has 0 bridgehead atoms. The van der Waals surface area contributed by atoms with Crippen molar-refractivity contribution in [1.29, 1.82) is 0 Å². The molecule has 1 aliphatic carbocycles. The van der Waals surface area contributed by atoms with E-state index in [2.05, 4.69) is 62.6 Å². The number of hydrogen-bond acceptors (Lipinski definition) is 0. The third-order valence-corrected chi connectivity index (χ3v) is 4.86. The van der Waals surface area contributed by atoms with Gasteiger partial charge in [0.2, 0.25) is 0 Å². The van der Waals surface area contributed by atoms with Crippen molar-refractivity contribution in [3.63, 3.8) is 0 Å². The molecule has 0 saturated heterocycles. The average molecular weight is 244 g/mol. The third-order valence-electron chi connectivity index (χ3n) is 3.66. The van der Waals surface area contributed by atoms with Gasteiger partial charge in [-0.05, 0) is 24.3 Å². The number of allylic oxidation sites excluding steroid dienone is 1. The van der Waals surface area contributed by atoms with Crippen molar-refractivity contribution in [2.45, 2.75) is 45.3 Å². The van der Waals surface area contributed by atoms with Gasteiger partial charge in [0.15, 0.2) is 0 Å². The summed E-state index contributed by atoms with van der Waals surface area (Å²) in [6.45, 7) is 9.71. The van der Waals surface area contributed by atoms with E-state index in [4.69, 9.17) is 0 Å². The van der Waals surface area contributed by atoms with Gasteiger partial charge in [0.05, 0.1) is 8.07 Å². The molecule has 1 aromatic rings. The number of benzene rings is 1. The lowest BCUT2D eigenvalue weighted by Gasteiger charge is -2.20. The van der Waals surface area contributed by atoms with E-state index in [1.54, 1.807) is 5.57 Å². The van der Waals surface area contributed by atoms with Crippen molar-refractivity contribution in [3.8, 4) is 0 Å². The van der Waals surface area contributed by atoms with E-state index >= 15 is 0 Å². The highest BCUT2D eigenvalue weighted by Gasteiger charge is 2.29. The molecule has 0 spiro atoms. The maximum absolute atomic E-state index is 2.64. The molecule has 0 heterocycles. The van der Waals surface area contributed by atoms with Crippen LogP contribution in [0.1, 0.15) is 31.2 Å². The van der Waals surface area contributed by atoms with Gasteiger partial charge in [-0.25, -0.2) is 0 Å². The standard InChI is InChI=1S/C16H24Si/c1-13-10-11-15(14-8-6-5-7-9-14)16(13)12-17(2,3)4/h5-9,12-13,15H,10-11H2,1-4H3/b16-12-. The third kappa shape index (κ3) is 3.10. The van der Waals surface area contributed by atoms with E-state index in [1.807, 2.05) is 0 Å². The minimum atomic E-state index is -1.10. The summed E-state index contributed by atoms with van der Waals surface area (Å²) in [5, 5.41) is 0. The second kappa shape index (κ2) is 4.81. The quantitative estimate of drug-likeness (QED) is 0.642. The Morgan fingerprint density at radius 2 is 1.71 bits per heavy atom. The first-order valence-corrected chi connectivity index (χ1v) is 10.3. The summed E-state index contributed by atoms with van der Waals surface area (Å²) in [6, 6.07) is 11.0. The van der Waals surface area contributed by atoms with E-state index in [1.165, 1.54) is 18.4 Å². The van der Waals surface area contributed by atoms with Gasteiger partial charge in [0, 0.05) is 5.92 Å². The zero-order chi connectivity index (χ0) is 12.5. The summed E-state index contributed by atoms with van der Waals surface area (Å²) in [5.74, 6) is 1.48. The Labute approximate surface area is 107 Å². The molecule has 1 saturated carbocycles. The van der Waals surface area contributed by atoms with Crippen LogP contribution in [-0.2, 0) is 0 Å². The molecule has 1 heteroatoms. The summed E-state index contributed by atoms with van der Waals surface area (Å²) < 4.78 is 0. The van der Waals surface area contributed by atoms with Gasteiger partial charge in [0.1, 0.15) is 0 Å². The molecule has 0 N–H and O–H groups in total. The zero-order valence-electron chi connectivity index (χ0n) is 11.5. The second-order valence-corrected chi connectivity index (χ2v) is 11.5. The molecule has 0 nitrogen and oxygen atoms in total. The maximum atomic E-state index is 2.64. The molecule has 2 rings (SSSR count). The molecule has 0 aromatic heterocycles. The van der Waals surface area contributed by atoms with Gasteiger partial charge in [-0.1, -0.05) is 68.2 Å². The predicted octanol–water partition coefficient (Wildman–Crippen LogP) is 5.00. The number of hydrogen-bond donors (Lipinski definition) is 0. The Hall–Kier alpha value is -0.823. The van der Waals surface area contributed by atoms with Crippen molar-refractivity contribution in [3.05, 3.63) is 47.2 Å². The lowest BCUT2D eigenvalue weighted by molar-refractivity contribution is 0.693. The Balaban J connectivity index is 2.32. The first-order chi connectivity index (χ1) is 7.97. The van der Waals surface area contributed by atoms with Crippen LogP contribution in [0.25, 0.3) is 0 Å². The summed E-state index contributed by atoms with van der Waals surface area (Å²) >= 11 is 0. The van der Waals surface area contributed by atoms with Crippen LogP contribution < -0.4 is 0 Å². The Kier molecular flexibility index (Phi) is 3.57. The van der Waals surface area contributed by atoms with Crippen molar-refractivity contribution < 1.29 is 0 Å². The fourth-order valence-electron chi connectivity index (χ4n) is 2.88. The molecule has 92 valence electrons. The molecule has 0 aliphatic heterocycles. The predicted molar refractivity (Wildman–Crippen MR) is 79.0 cm³/mol. The molecular weight excluding hydrogens is 220 g/mol. The van der Waals surface area contributed by atoms with E-state index in [0.29, 0.717) is 5.92 Å². The van der Waals surface area contributed by atoms with Crippen LogP contribution in [0.5, 0.6) is 0 Å². The SMILES string of the molecule is CC1CCC(c2ccccc2)/C1=C\[Si](C)(C)C. The number of rotatable bonds is 2. The molecule has 2 unspecified atom stereocenters. The summed E-state index contributed by atoms with van der Waals surface area (Å²) in [6.07, 6.45) is 2.69. The topological polar surface area (TPSA) is 0 Å². The lowest BCUT2D eigenvalue weighted by atomic mass is 9.92. The van der Waals surface area contributed by atoms with Crippen LogP contribution in [0.2, 0.25) is 19.6 Å². The van der Waals surface area contributed by atoms with Crippen molar-refractivity contribution in [2.75, 3.05) is 0 Å². The molecule has 1 aromatic carbocycles. The van der Waals surface area contributed by atoms with Crippen LogP contribution in [0.4, 0.5) is 0 Å². The molecule has 0 amide bonds. The second-order valence-electron chi connectivity index (χ2n) is 6.45. The Morgan fingerprint density at radius 3 is 2.29 bits per heavy atom. The highest BCUT2D eigenvalue weighted by Crippen LogP contribution is 2.43. The normalized spacial score (nSPS) is 27.6. The van der Waals surface area contributed by atoms with Crippen molar-refractivity contribution >= 4 is 8.07 Å². The van der Waals surface area contributed by atoms with Crippen LogP contribution >= 0.6 is 0 Å². The van der Waals surface area contributed by atoms with Crippen LogP contribution in [-0.4, -0.2) is 8.07 Å². The molecule has 1 fully saturated rings. The van der Waals surface area contributed by atoms with Gasteiger partial charge in [-0.3, -0.25) is 0 Å².